The number of hydrogen-bond donors (Lipinski definition) is 1. The molecule has 5 nitrogen and oxygen atoms in total. The van der Waals surface area contributed by atoms with E-state index in [1.807, 2.05) is 0 Å². The second-order valence-corrected chi connectivity index (χ2v) is 6.00. The van der Waals surface area contributed by atoms with Crippen LogP contribution in [0.15, 0.2) is 0 Å². The van der Waals surface area contributed by atoms with Crippen LogP contribution in [0.4, 0.5) is 0 Å². The Labute approximate surface area is 91.6 Å². The van der Waals surface area contributed by atoms with Gasteiger partial charge in [0.05, 0.1) is 5.75 Å². The summed E-state index contributed by atoms with van der Waals surface area (Å²) in [6.45, 7) is 2.28. The number of sulfonamides is 1. The molecule has 0 spiro atoms. The zero-order valence-electron chi connectivity index (χ0n) is 9.18. The predicted octanol–water partition coefficient (Wildman–Crippen LogP) is -0.367. The van der Waals surface area contributed by atoms with Crippen molar-refractivity contribution < 1.29 is 13.2 Å². The molecule has 6 heteroatoms. The predicted molar refractivity (Wildman–Crippen MR) is 59.0 cm³/mol. The normalized spacial score (nSPS) is 23.5. The van der Waals surface area contributed by atoms with E-state index in [1.165, 1.54) is 0 Å². The van der Waals surface area contributed by atoms with E-state index in [2.05, 4.69) is 0 Å². The lowest BCUT2D eigenvalue weighted by Gasteiger charge is -2.15. The van der Waals surface area contributed by atoms with Gasteiger partial charge in [-0.1, -0.05) is 0 Å². The first-order chi connectivity index (χ1) is 7.10. The molecule has 15 heavy (non-hydrogen) atoms. The van der Waals surface area contributed by atoms with Gasteiger partial charge in [0.25, 0.3) is 0 Å². The fraction of sp³-hybridized carbons (Fsp3) is 1.00. The Morgan fingerprint density at radius 3 is 2.80 bits per heavy atom. The molecule has 1 unspecified atom stereocenters. The quantitative estimate of drug-likeness (QED) is 0.639. The van der Waals surface area contributed by atoms with Crippen LogP contribution >= 0.6 is 0 Å². The maximum Gasteiger partial charge on any atom is 0.214 e. The van der Waals surface area contributed by atoms with E-state index in [1.54, 1.807) is 11.4 Å². The number of methoxy groups -OCH3 is 1. The fourth-order valence-corrected chi connectivity index (χ4v) is 3.32. The molecule has 1 saturated heterocycles. The van der Waals surface area contributed by atoms with Crippen molar-refractivity contribution in [1.82, 2.24) is 4.31 Å². The Morgan fingerprint density at radius 2 is 2.27 bits per heavy atom. The molecular weight excluding hydrogens is 216 g/mol. The van der Waals surface area contributed by atoms with Gasteiger partial charge in [-0.05, 0) is 25.3 Å². The molecule has 1 aliphatic rings. The first kappa shape index (κ1) is 12.9. The van der Waals surface area contributed by atoms with E-state index >= 15 is 0 Å². The van der Waals surface area contributed by atoms with Crippen LogP contribution in [0.2, 0.25) is 0 Å². The van der Waals surface area contributed by atoms with Gasteiger partial charge in [-0.3, -0.25) is 0 Å². The first-order valence-corrected chi connectivity index (χ1v) is 6.88. The molecule has 0 aliphatic carbocycles. The summed E-state index contributed by atoms with van der Waals surface area (Å²) in [6, 6.07) is 0. The van der Waals surface area contributed by atoms with E-state index in [4.69, 9.17) is 10.5 Å². The average Bonchev–Trinajstić information content (AvgIpc) is 2.66. The smallest absolute Gasteiger partial charge is 0.214 e. The number of ether oxygens (including phenoxy) is 1. The van der Waals surface area contributed by atoms with Gasteiger partial charge in [-0.15, -0.1) is 0 Å². The van der Waals surface area contributed by atoms with Gasteiger partial charge in [0, 0.05) is 26.8 Å². The zero-order valence-corrected chi connectivity index (χ0v) is 10.0. The summed E-state index contributed by atoms with van der Waals surface area (Å²) >= 11 is 0. The van der Waals surface area contributed by atoms with Crippen LogP contribution < -0.4 is 5.73 Å². The molecule has 0 radical (unpaired) electrons. The Hall–Kier alpha value is -0.170. The van der Waals surface area contributed by atoms with Crippen LogP contribution in [0.25, 0.3) is 0 Å². The van der Waals surface area contributed by atoms with Crippen LogP contribution in [0.3, 0.4) is 0 Å². The summed E-state index contributed by atoms with van der Waals surface area (Å²) in [7, 11) is -1.50. The Kier molecular flexibility index (Phi) is 4.98. The Bertz CT molecular complexity index is 279. The molecule has 0 amide bonds. The van der Waals surface area contributed by atoms with Crippen molar-refractivity contribution in [3.05, 3.63) is 0 Å². The lowest BCUT2D eigenvalue weighted by molar-refractivity contribution is 0.199. The maximum absolute atomic E-state index is 11.8. The highest BCUT2D eigenvalue weighted by molar-refractivity contribution is 7.89. The van der Waals surface area contributed by atoms with Crippen molar-refractivity contribution in [2.45, 2.75) is 12.8 Å². The molecule has 90 valence electrons. The molecule has 1 heterocycles. The van der Waals surface area contributed by atoms with Gasteiger partial charge in [-0.2, -0.15) is 0 Å². The highest BCUT2D eigenvalue weighted by Gasteiger charge is 2.29. The summed E-state index contributed by atoms with van der Waals surface area (Å²) in [5.41, 5.74) is 5.52. The minimum atomic E-state index is -3.08. The number of nitrogens with two attached hydrogens (primary N) is 1. The minimum absolute atomic E-state index is 0.179. The maximum atomic E-state index is 11.8. The van der Waals surface area contributed by atoms with E-state index < -0.39 is 10.0 Å². The molecule has 1 aliphatic heterocycles. The third-order valence-electron chi connectivity index (χ3n) is 2.73. The van der Waals surface area contributed by atoms with Crippen molar-refractivity contribution in [3.8, 4) is 0 Å². The van der Waals surface area contributed by atoms with Gasteiger partial charge >= 0.3 is 0 Å². The molecule has 2 N–H and O–H groups in total. The van der Waals surface area contributed by atoms with Crippen molar-refractivity contribution in [1.29, 1.82) is 0 Å². The number of rotatable bonds is 6. The third kappa shape index (κ3) is 3.71. The second kappa shape index (κ2) is 5.79. The van der Waals surface area contributed by atoms with Gasteiger partial charge in [0.15, 0.2) is 0 Å². The third-order valence-corrected chi connectivity index (χ3v) is 4.65. The van der Waals surface area contributed by atoms with Crippen molar-refractivity contribution >= 4 is 10.0 Å². The van der Waals surface area contributed by atoms with Crippen LogP contribution in [-0.4, -0.2) is 51.8 Å². The monoisotopic (exact) mass is 236 g/mol. The molecule has 0 aromatic rings. The molecule has 0 aromatic heterocycles. The molecule has 1 rings (SSSR count). The molecule has 0 bridgehead atoms. The van der Waals surface area contributed by atoms with Gasteiger partial charge in [0.2, 0.25) is 10.0 Å². The largest absolute Gasteiger partial charge is 0.385 e. The van der Waals surface area contributed by atoms with E-state index in [0.717, 1.165) is 6.42 Å². The van der Waals surface area contributed by atoms with Crippen molar-refractivity contribution in [3.63, 3.8) is 0 Å². The van der Waals surface area contributed by atoms with Crippen LogP contribution in [0.5, 0.6) is 0 Å². The molecular formula is C9H20N2O3S. The zero-order chi connectivity index (χ0) is 11.3. The SMILES string of the molecule is COCCCS(=O)(=O)N1CCC(CN)C1. The summed E-state index contributed by atoms with van der Waals surface area (Å²) in [5.74, 6) is 0.514. The van der Waals surface area contributed by atoms with Crippen LogP contribution in [-0.2, 0) is 14.8 Å². The fourth-order valence-electron chi connectivity index (χ4n) is 1.76. The second-order valence-electron chi connectivity index (χ2n) is 3.91. The topological polar surface area (TPSA) is 72.6 Å². The summed E-state index contributed by atoms with van der Waals surface area (Å²) < 4.78 is 30.0. The van der Waals surface area contributed by atoms with E-state index in [0.29, 0.717) is 38.6 Å². The van der Waals surface area contributed by atoms with Crippen LogP contribution in [0, 0.1) is 5.92 Å². The summed E-state index contributed by atoms with van der Waals surface area (Å²) in [6.07, 6.45) is 1.45. The lowest BCUT2D eigenvalue weighted by atomic mass is 10.1. The van der Waals surface area contributed by atoms with Gasteiger partial charge in [0.1, 0.15) is 0 Å². The molecule has 0 aromatic carbocycles. The molecule has 1 atom stereocenters. The van der Waals surface area contributed by atoms with Crippen molar-refractivity contribution in [2.24, 2.45) is 11.7 Å². The highest BCUT2D eigenvalue weighted by atomic mass is 32.2. The standard InChI is InChI=1S/C9H20N2O3S/c1-14-5-2-6-15(12,13)11-4-3-9(7-10)8-11/h9H,2-8,10H2,1H3. The molecule has 0 saturated carbocycles. The number of hydrogen-bond acceptors (Lipinski definition) is 4. The first-order valence-electron chi connectivity index (χ1n) is 5.27. The minimum Gasteiger partial charge on any atom is -0.385 e. The van der Waals surface area contributed by atoms with Crippen LogP contribution in [0.1, 0.15) is 12.8 Å². The summed E-state index contributed by atoms with van der Waals surface area (Å²) in [5, 5.41) is 0. The number of nitrogens with zero attached hydrogens (tertiary/aromatic N) is 1. The Morgan fingerprint density at radius 1 is 1.53 bits per heavy atom. The van der Waals surface area contributed by atoms with Gasteiger partial charge < -0.3 is 10.5 Å². The Balaban J connectivity index is 2.41. The van der Waals surface area contributed by atoms with Gasteiger partial charge in [-0.25, -0.2) is 12.7 Å². The highest BCUT2D eigenvalue weighted by Crippen LogP contribution is 2.18. The van der Waals surface area contributed by atoms with E-state index in [-0.39, 0.29) is 5.75 Å². The van der Waals surface area contributed by atoms with E-state index in [9.17, 15) is 8.42 Å². The lowest BCUT2D eigenvalue weighted by Crippen LogP contribution is -2.32. The summed E-state index contributed by atoms with van der Waals surface area (Å²) in [4.78, 5) is 0. The molecule has 1 fully saturated rings. The van der Waals surface area contributed by atoms with Crippen molar-refractivity contribution in [2.75, 3.05) is 39.1 Å². The average molecular weight is 236 g/mol.